The summed E-state index contributed by atoms with van der Waals surface area (Å²) in [5.74, 6) is -0.0193. The average Bonchev–Trinajstić information content (AvgIpc) is 3.85. The molecule has 11 rings (SSSR count). The number of quaternary nitrogens is 1. The Labute approximate surface area is 467 Å². The lowest BCUT2D eigenvalue weighted by Gasteiger charge is -2.58. The summed E-state index contributed by atoms with van der Waals surface area (Å²) in [5.41, 5.74) is 5.38. The Morgan fingerprint density at radius 1 is 1.02 bits per heavy atom. The lowest BCUT2D eigenvalue weighted by Crippen LogP contribution is -2.98. The molecule has 2 aliphatic carbocycles. The first-order valence-corrected chi connectivity index (χ1v) is 29.6. The number of anilines is 3. The molecule has 2 unspecified atom stereocenters. The number of aromatic amines is 1. The molecule has 1 spiro atoms. The number of pyridine rings is 3. The van der Waals surface area contributed by atoms with Crippen LogP contribution in [-0.2, 0) is 16.6 Å². The van der Waals surface area contributed by atoms with Crippen LogP contribution in [0.15, 0.2) is 84.1 Å². The van der Waals surface area contributed by atoms with Crippen LogP contribution < -0.4 is 39.5 Å². The van der Waals surface area contributed by atoms with Crippen molar-refractivity contribution in [2.24, 2.45) is 11.3 Å². The number of carbonyl (C=O) groups is 1. The lowest BCUT2D eigenvalue weighted by atomic mass is 9.59. The van der Waals surface area contributed by atoms with Gasteiger partial charge >= 0.3 is 0 Å². The van der Waals surface area contributed by atoms with Crippen LogP contribution in [0.3, 0.4) is 0 Å². The maximum absolute atomic E-state index is 15.0. The van der Waals surface area contributed by atoms with E-state index in [0.717, 1.165) is 102 Å². The topological polar surface area (TPSA) is 227 Å². The second-order valence-corrected chi connectivity index (χ2v) is 25.2. The van der Waals surface area contributed by atoms with Crippen molar-refractivity contribution in [2.75, 3.05) is 75.5 Å². The Bertz CT molecular complexity index is 3350. The van der Waals surface area contributed by atoms with Crippen LogP contribution in [0.1, 0.15) is 118 Å². The predicted molar refractivity (Wildman–Crippen MR) is 304 cm³/mol. The molecule has 19 nitrogen and oxygen atoms in total. The first-order valence-electron chi connectivity index (χ1n) is 28.1. The average molecular weight is 1120 g/mol. The zero-order chi connectivity index (χ0) is 56.1. The fraction of sp³-hybridized carbons (Fsp3) is 0.492. The molecule has 4 aromatic heterocycles. The molecule has 5 aliphatic rings. The molecule has 1 amide bonds. The molecule has 6 N–H and O–H groups in total. The second-order valence-electron chi connectivity index (χ2n) is 23.5. The van der Waals surface area contributed by atoms with Crippen molar-refractivity contribution in [1.29, 1.82) is 0 Å². The van der Waals surface area contributed by atoms with E-state index in [-0.39, 0.29) is 73.9 Å². The number of halogens is 1. The lowest BCUT2D eigenvalue weighted by molar-refractivity contribution is -0.751. The summed E-state index contributed by atoms with van der Waals surface area (Å²) in [6, 6.07) is 19.4. The number of piperazine rings is 1. The smallest absolute Gasteiger partial charge is 0.268 e. The van der Waals surface area contributed by atoms with E-state index in [1.807, 2.05) is 13.1 Å². The van der Waals surface area contributed by atoms with Crippen LogP contribution >= 0.6 is 0 Å². The van der Waals surface area contributed by atoms with E-state index in [9.17, 15) is 27.9 Å². The maximum Gasteiger partial charge on any atom is 0.268 e. The Morgan fingerprint density at radius 2 is 1.80 bits per heavy atom. The first kappa shape index (κ1) is 55.3. The van der Waals surface area contributed by atoms with Gasteiger partial charge in [0, 0.05) is 94.2 Å². The van der Waals surface area contributed by atoms with Crippen LogP contribution in [0, 0.1) is 22.4 Å². The van der Waals surface area contributed by atoms with Crippen molar-refractivity contribution in [1.82, 2.24) is 34.5 Å². The number of benzene rings is 2. The van der Waals surface area contributed by atoms with E-state index in [1.165, 1.54) is 55.2 Å². The Kier molecular flexibility index (Phi) is 15.5. The second kappa shape index (κ2) is 22.4. The zero-order valence-electron chi connectivity index (χ0n) is 46.5. The van der Waals surface area contributed by atoms with Crippen LogP contribution in [-0.4, -0.2) is 127 Å². The van der Waals surface area contributed by atoms with Gasteiger partial charge in [-0.05, 0) is 117 Å². The number of aliphatic hydroxyl groups is 1. The van der Waals surface area contributed by atoms with E-state index in [4.69, 9.17) is 14.2 Å². The van der Waals surface area contributed by atoms with Gasteiger partial charge in [0.1, 0.15) is 33.9 Å². The fourth-order valence-corrected chi connectivity index (χ4v) is 13.7. The molecule has 3 atom stereocenters. The summed E-state index contributed by atoms with van der Waals surface area (Å²) in [6.07, 6.45) is 11.2. The van der Waals surface area contributed by atoms with E-state index in [2.05, 4.69) is 101 Å². The number of amides is 1. The minimum absolute atomic E-state index is 0.00390. The van der Waals surface area contributed by atoms with E-state index >= 15 is 0 Å². The number of H-pyrrole nitrogens is 1. The molecule has 80 heavy (non-hydrogen) atoms. The van der Waals surface area contributed by atoms with Gasteiger partial charge in [-0.2, -0.15) is 4.98 Å². The highest BCUT2D eigenvalue weighted by Crippen LogP contribution is 2.54. The van der Waals surface area contributed by atoms with Gasteiger partial charge < -0.3 is 50.1 Å². The number of ether oxygens (including phenoxy) is 3. The Balaban J connectivity index is 0.801. The highest BCUT2D eigenvalue weighted by Gasteiger charge is 2.50. The van der Waals surface area contributed by atoms with Crippen LogP contribution in [0.5, 0.6) is 23.3 Å². The number of rotatable bonds is 16. The predicted octanol–water partition coefficient (Wildman–Crippen LogP) is 8.03. The molecule has 3 aliphatic heterocycles. The number of hydrogen-bond acceptors (Lipinski definition) is 16. The van der Waals surface area contributed by atoms with Crippen molar-refractivity contribution in [3.8, 4) is 23.3 Å². The van der Waals surface area contributed by atoms with E-state index in [1.54, 1.807) is 12.1 Å². The number of fused-ring (bicyclic) bond motifs is 2. The summed E-state index contributed by atoms with van der Waals surface area (Å²) in [4.78, 5) is 37.6. The number of carbonyl (C=O) groups excluding carboxylic acids is 1. The highest BCUT2D eigenvalue weighted by atomic mass is 32.2. The van der Waals surface area contributed by atoms with E-state index < -0.39 is 32.4 Å². The highest BCUT2D eigenvalue weighted by molar-refractivity contribution is 7.90. The van der Waals surface area contributed by atoms with Gasteiger partial charge in [-0.25, -0.2) is 27.5 Å². The number of nitrogens with one attached hydrogen (secondary N) is 5. The molecular weight excluding hydrogens is 1040 g/mol. The Hall–Kier alpha value is -6.62. The van der Waals surface area contributed by atoms with Crippen LogP contribution in [0.25, 0.3) is 11.0 Å². The largest absolute Gasteiger partial charge is 0.629 e. The van der Waals surface area contributed by atoms with Gasteiger partial charge in [0.15, 0.2) is 17.3 Å². The van der Waals surface area contributed by atoms with Crippen molar-refractivity contribution >= 4 is 49.8 Å². The summed E-state index contributed by atoms with van der Waals surface area (Å²) < 4.78 is 63.3. The molecule has 426 valence electrons. The van der Waals surface area contributed by atoms with Gasteiger partial charge in [-0.1, -0.05) is 38.1 Å². The summed E-state index contributed by atoms with van der Waals surface area (Å²) in [5, 5.41) is 29.8. The molecule has 7 heterocycles. The van der Waals surface area contributed by atoms with Gasteiger partial charge in [0.2, 0.25) is 5.88 Å². The maximum atomic E-state index is 15.0. The standard InChI is InChI=1S/C59H74FN11O8S/c1-36(2)43-9-7-8-10-44(43)49-35-69(34-39-15-20-61-57-52(39)62-30-37(3)78-57)23-24-71(49)41-28-59(29-41)18-21-70(22-19-59)40-11-12-45(50(25-40)79-51-27-46-47(60)33-65-53(46)66-56(51)77-6)55(72)67-80(75,76)42-26-48(68(5)74)54(64-32-42)63-31-38-13-16-58(4,73)17-14-38/h7-12,15,20,25-27,32-33,36-38,41,49,62,68,73H,13-14,16-19,21-24,28-31,34-35H2,1-6H3,(H,63,64)(H,65,66)(H,67,72)/t37?,38-,49-,58-/m0/s1. The third kappa shape index (κ3) is 11.5. The third-order valence-electron chi connectivity index (χ3n) is 17.4. The van der Waals surface area contributed by atoms with Crippen LogP contribution in [0.2, 0.25) is 0 Å². The monoisotopic (exact) mass is 1120 g/mol. The summed E-state index contributed by atoms with van der Waals surface area (Å²) >= 11 is 0. The number of hydroxylamine groups is 1. The summed E-state index contributed by atoms with van der Waals surface area (Å²) in [7, 11) is -1.88. The molecule has 6 aromatic rings. The summed E-state index contributed by atoms with van der Waals surface area (Å²) in [6.45, 7) is 14.8. The number of sulfonamides is 1. The van der Waals surface area contributed by atoms with Crippen molar-refractivity contribution in [3.63, 3.8) is 0 Å². The van der Waals surface area contributed by atoms with Gasteiger partial charge in [-0.3, -0.25) is 14.6 Å². The number of aromatic nitrogens is 4. The zero-order valence-corrected chi connectivity index (χ0v) is 47.3. The fourth-order valence-electron chi connectivity index (χ4n) is 12.8. The van der Waals surface area contributed by atoms with Crippen molar-refractivity contribution in [2.45, 2.75) is 120 Å². The molecule has 0 bridgehead atoms. The SMILES string of the molecule is COc1nc2[nH]cc(F)c2cc1Oc1cc(N2CCC3(CC2)CC(N2CCN(Cc4ccnc5c4NCC(C)O5)C[C@H]2c2ccccc2C(C)C)C3)ccc1C(=O)NS(=O)(=O)c1cnc(NC[C@H]2CC[C@](C)(O)CC2)c([NH+](C)[O-])c1. The molecule has 21 heteroatoms. The number of piperidine rings is 1. The number of hydrogen-bond donors (Lipinski definition) is 6. The Morgan fingerprint density at radius 3 is 2.55 bits per heavy atom. The minimum atomic E-state index is -4.60. The van der Waals surface area contributed by atoms with Gasteiger partial charge in [0.05, 0.1) is 43.4 Å². The van der Waals surface area contributed by atoms with Gasteiger partial charge in [-0.15, -0.1) is 0 Å². The van der Waals surface area contributed by atoms with Gasteiger partial charge in [0.25, 0.3) is 21.8 Å². The molecule has 0 radical (unpaired) electrons. The molecule has 2 aromatic carbocycles. The third-order valence-corrected chi connectivity index (χ3v) is 18.7. The number of methoxy groups -OCH3 is 1. The van der Waals surface area contributed by atoms with Crippen LogP contribution in [0.4, 0.5) is 27.3 Å². The minimum Gasteiger partial charge on any atom is -0.629 e. The van der Waals surface area contributed by atoms with E-state index in [0.29, 0.717) is 37.2 Å². The quantitative estimate of drug-likeness (QED) is 0.0504. The van der Waals surface area contributed by atoms with Crippen molar-refractivity contribution in [3.05, 3.63) is 113 Å². The number of nitrogens with zero attached hydrogens (tertiary/aromatic N) is 6. The first-order chi connectivity index (χ1) is 38.3. The molecule has 2 saturated carbocycles. The normalized spacial score (nSPS) is 23.0. The molecular formula is C59H74FN11O8S. The molecule has 4 fully saturated rings. The molecule has 2 saturated heterocycles. The van der Waals surface area contributed by atoms with Crippen molar-refractivity contribution < 1.29 is 42.0 Å².